The van der Waals surface area contributed by atoms with Crippen LogP contribution in [-0.2, 0) is 12.5 Å². The fourth-order valence-corrected chi connectivity index (χ4v) is 3.38. The molecule has 0 atom stereocenters. The summed E-state index contributed by atoms with van der Waals surface area (Å²) in [6, 6.07) is 9.54. The number of halogens is 2. The molecule has 30 heavy (non-hydrogen) atoms. The van der Waals surface area contributed by atoms with Crippen LogP contribution in [0, 0.1) is 6.92 Å². The second kappa shape index (κ2) is 6.65. The molecule has 5 aromatic rings. The first-order valence-electron chi connectivity index (χ1n) is 9.46. The molecule has 0 fully saturated rings. The Kier molecular flexibility index (Phi) is 4.05. The molecule has 1 aromatic carbocycles. The average molecular weight is 405 g/mol. The molecule has 4 heterocycles. The Labute approximate surface area is 170 Å². The van der Waals surface area contributed by atoms with Gasteiger partial charge in [0.05, 0.1) is 17.4 Å². The second-order valence-corrected chi connectivity index (χ2v) is 7.06. The summed E-state index contributed by atoms with van der Waals surface area (Å²) in [5, 5.41) is 16.6. The van der Waals surface area contributed by atoms with Gasteiger partial charge in [0.15, 0.2) is 5.65 Å². The molecular weight excluding hydrogens is 388 g/mol. The van der Waals surface area contributed by atoms with Gasteiger partial charge in [-0.15, -0.1) is 10.2 Å². The standard InChI is InChI=1S/C21H17F2N7/c1-3-29-12-16(11-25-29)15-8-14-9-17(5-6-18(14)24-10-15)21(22,23)20-27-26-19-7-4-13(2)28-30(19)20/h4-12H,3H2,1-2H3. The minimum atomic E-state index is -3.38. The molecule has 4 aromatic heterocycles. The Balaban J connectivity index is 1.61. The van der Waals surface area contributed by atoms with Crippen molar-refractivity contribution in [3.63, 3.8) is 0 Å². The first-order valence-corrected chi connectivity index (χ1v) is 9.46. The van der Waals surface area contributed by atoms with E-state index in [4.69, 9.17) is 0 Å². The van der Waals surface area contributed by atoms with E-state index in [0.717, 1.165) is 22.2 Å². The van der Waals surface area contributed by atoms with Crippen LogP contribution in [0.1, 0.15) is 24.0 Å². The van der Waals surface area contributed by atoms with E-state index in [9.17, 15) is 0 Å². The third kappa shape index (κ3) is 2.90. The lowest BCUT2D eigenvalue weighted by Gasteiger charge is -2.15. The first-order chi connectivity index (χ1) is 14.5. The van der Waals surface area contributed by atoms with Crippen LogP contribution in [0.4, 0.5) is 8.78 Å². The fourth-order valence-electron chi connectivity index (χ4n) is 3.38. The summed E-state index contributed by atoms with van der Waals surface area (Å²) in [7, 11) is 0. The molecule has 0 aliphatic rings. The predicted octanol–water partition coefficient (Wildman–Crippen LogP) is 4.00. The van der Waals surface area contributed by atoms with Gasteiger partial charge in [-0.25, -0.2) is 0 Å². The number of benzene rings is 1. The van der Waals surface area contributed by atoms with E-state index >= 15 is 8.78 Å². The van der Waals surface area contributed by atoms with Crippen molar-refractivity contribution in [1.82, 2.24) is 34.6 Å². The highest BCUT2D eigenvalue weighted by Crippen LogP contribution is 2.36. The summed E-state index contributed by atoms with van der Waals surface area (Å²) in [5.41, 5.74) is 2.99. The molecule has 150 valence electrons. The average Bonchev–Trinajstić information content (AvgIpc) is 3.40. The molecule has 9 heteroatoms. The lowest BCUT2D eigenvalue weighted by molar-refractivity contribution is 0.0307. The lowest BCUT2D eigenvalue weighted by Crippen LogP contribution is -2.20. The summed E-state index contributed by atoms with van der Waals surface area (Å²) in [5.74, 6) is -3.90. The molecule has 5 rings (SSSR count). The highest BCUT2D eigenvalue weighted by atomic mass is 19.3. The van der Waals surface area contributed by atoms with Gasteiger partial charge in [0.2, 0.25) is 5.82 Å². The van der Waals surface area contributed by atoms with Gasteiger partial charge in [-0.2, -0.15) is 23.5 Å². The number of pyridine rings is 1. The lowest BCUT2D eigenvalue weighted by atomic mass is 10.0. The Morgan fingerprint density at radius 1 is 1.00 bits per heavy atom. The molecule has 0 spiro atoms. The Hall–Kier alpha value is -3.75. The maximum atomic E-state index is 15.4. The van der Waals surface area contributed by atoms with Crippen molar-refractivity contribution in [2.45, 2.75) is 26.3 Å². The Bertz CT molecular complexity index is 1390. The fraction of sp³-hybridized carbons (Fsp3) is 0.190. The molecule has 0 aliphatic heterocycles. The van der Waals surface area contributed by atoms with Crippen LogP contribution < -0.4 is 0 Å². The number of nitrogens with zero attached hydrogens (tertiary/aromatic N) is 7. The van der Waals surface area contributed by atoms with Crippen molar-refractivity contribution >= 4 is 16.6 Å². The van der Waals surface area contributed by atoms with Gasteiger partial charge in [-0.3, -0.25) is 9.67 Å². The first kappa shape index (κ1) is 18.3. The summed E-state index contributed by atoms with van der Waals surface area (Å²) in [6.07, 6.45) is 5.36. The molecular formula is C21H17F2N7. The van der Waals surface area contributed by atoms with Crippen LogP contribution in [0.2, 0.25) is 0 Å². The zero-order valence-corrected chi connectivity index (χ0v) is 16.3. The maximum Gasteiger partial charge on any atom is 0.333 e. The van der Waals surface area contributed by atoms with E-state index in [1.54, 1.807) is 42.2 Å². The van der Waals surface area contributed by atoms with Gasteiger partial charge in [0, 0.05) is 41.0 Å². The highest BCUT2D eigenvalue weighted by molar-refractivity contribution is 5.84. The van der Waals surface area contributed by atoms with Gasteiger partial charge in [-0.1, -0.05) is 6.07 Å². The van der Waals surface area contributed by atoms with Crippen LogP contribution in [-0.4, -0.2) is 34.6 Å². The molecule has 0 saturated heterocycles. The van der Waals surface area contributed by atoms with Gasteiger partial charge >= 0.3 is 5.92 Å². The predicted molar refractivity (Wildman–Crippen MR) is 107 cm³/mol. The normalized spacial score (nSPS) is 12.1. The SMILES string of the molecule is CCn1cc(-c2cnc3ccc(C(F)(F)c4nnc5ccc(C)nn45)cc3c2)cn1. The van der Waals surface area contributed by atoms with Crippen molar-refractivity contribution in [3.05, 3.63) is 72.1 Å². The van der Waals surface area contributed by atoms with Gasteiger partial charge < -0.3 is 0 Å². The minimum Gasteiger partial charge on any atom is -0.272 e. The largest absolute Gasteiger partial charge is 0.333 e. The summed E-state index contributed by atoms with van der Waals surface area (Å²) >= 11 is 0. The molecule has 0 N–H and O–H groups in total. The molecule has 0 saturated carbocycles. The highest BCUT2D eigenvalue weighted by Gasteiger charge is 2.40. The van der Waals surface area contributed by atoms with Crippen molar-refractivity contribution < 1.29 is 8.78 Å². The van der Waals surface area contributed by atoms with Crippen LogP contribution in [0.3, 0.4) is 0 Å². The number of hydrogen-bond donors (Lipinski definition) is 0. The van der Waals surface area contributed by atoms with E-state index in [-0.39, 0.29) is 11.2 Å². The molecule has 0 aliphatic carbocycles. The van der Waals surface area contributed by atoms with Crippen LogP contribution in [0.25, 0.3) is 27.7 Å². The monoisotopic (exact) mass is 405 g/mol. The molecule has 0 amide bonds. The smallest absolute Gasteiger partial charge is 0.272 e. The van der Waals surface area contributed by atoms with E-state index in [2.05, 4.69) is 25.4 Å². The number of alkyl halides is 2. The second-order valence-electron chi connectivity index (χ2n) is 7.06. The van der Waals surface area contributed by atoms with E-state index in [1.165, 1.54) is 12.1 Å². The topological polar surface area (TPSA) is 73.8 Å². The summed E-state index contributed by atoms with van der Waals surface area (Å²) in [6.45, 7) is 4.47. The van der Waals surface area contributed by atoms with Crippen molar-refractivity contribution in [2.75, 3.05) is 0 Å². The van der Waals surface area contributed by atoms with Crippen LogP contribution in [0.5, 0.6) is 0 Å². The maximum absolute atomic E-state index is 15.4. The summed E-state index contributed by atoms with van der Waals surface area (Å²) in [4.78, 5) is 4.41. The number of rotatable bonds is 4. The van der Waals surface area contributed by atoms with E-state index < -0.39 is 11.7 Å². The quantitative estimate of drug-likeness (QED) is 0.452. The van der Waals surface area contributed by atoms with Crippen molar-refractivity contribution in [2.24, 2.45) is 0 Å². The molecule has 0 radical (unpaired) electrons. The molecule has 0 unspecified atom stereocenters. The molecule has 7 nitrogen and oxygen atoms in total. The zero-order chi connectivity index (χ0) is 20.9. The van der Waals surface area contributed by atoms with Crippen LogP contribution >= 0.6 is 0 Å². The van der Waals surface area contributed by atoms with E-state index in [1.807, 2.05) is 19.2 Å². The third-order valence-corrected chi connectivity index (χ3v) is 5.01. The summed E-state index contributed by atoms with van der Waals surface area (Å²) < 4.78 is 33.7. The Morgan fingerprint density at radius 2 is 1.87 bits per heavy atom. The van der Waals surface area contributed by atoms with Crippen molar-refractivity contribution in [3.8, 4) is 11.1 Å². The number of aryl methyl sites for hydroxylation is 2. The van der Waals surface area contributed by atoms with E-state index in [0.29, 0.717) is 16.6 Å². The third-order valence-electron chi connectivity index (χ3n) is 5.01. The number of fused-ring (bicyclic) bond motifs is 2. The number of aromatic nitrogens is 7. The Morgan fingerprint density at radius 3 is 2.67 bits per heavy atom. The van der Waals surface area contributed by atoms with Gasteiger partial charge in [-0.05, 0) is 44.2 Å². The number of hydrogen-bond acceptors (Lipinski definition) is 5. The molecule has 0 bridgehead atoms. The zero-order valence-electron chi connectivity index (χ0n) is 16.3. The van der Waals surface area contributed by atoms with Gasteiger partial charge in [0.25, 0.3) is 0 Å². The minimum absolute atomic E-state index is 0.198. The van der Waals surface area contributed by atoms with Gasteiger partial charge in [0.1, 0.15) is 0 Å². The van der Waals surface area contributed by atoms with Crippen LogP contribution in [0.15, 0.2) is 55.0 Å². The van der Waals surface area contributed by atoms with Crippen molar-refractivity contribution in [1.29, 1.82) is 0 Å².